The van der Waals surface area contributed by atoms with Gasteiger partial charge in [0.25, 0.3) is 0 Å². The van der Waals surface area contributed by atoms with Gasteiger partial charge in [0.15, 0.2) is 0 Å². The Morgan fingerprint density at radius 2 is 1.94 bits per heavy atom. The van der Waals surface area contributed by atoms with Crippen LogP contribution in [0, 0.1) is 19.3 Å². The number of nitrogens with one attached hydrogen (secondary N) is 1. The van der Waals surface area contributed by atoms with Gasteiger partial charge in [-0.25, -0.2) is 0 Å². The maximum absolute atomic E-state index is 3.24. The van der Waals surface area contributed by atoms with E-state index >= 15 is 0 Å². The minimum atomic E-state index is 0.452. The van der Waals surface area contributed by atoms with Gasteiger partial charge in [0.2, 0.25) is 0 Å². The number of hydrogen-bond donors (Lipinski definition) is 1. The number of aryl methyl sites for hydroxylation is 3. The lowest BCUT2D eigenvalue weighted by Crippen LogP contribution is -2.20. The van der Waals surface area contributed by atoms with Crippen LogP contribution in [0.1, 0.15) is 42.0 Å². The van der Waals surface area contributed by atoms with Gasteiger partial charge in [0, 0.05) is 9.75 Å². The van der Waals surface area contributed by atoms with Crippen molar-refractivity contribution in [2.45, 2.75) is 47.0 Å². The monoisotopic (exact) mass is 239 g/mol. The van der Waals surface area contributed by atoms with Gasteiger partial charge in [0.1, 0.15) is 0 Å². The molecule has 0 radical (unpaired) electrons. The second kappa shape index (κ2) is 5.83. The summed E-state index contributed by atoms with van der Waals surface area (Å²) in [6, 6.07) is 2.31. The normalized spacial score (nSPS) is 12.1. The molecule has 0 saturated carbocycles. The quantitative estimate of drug-likeness (QED) is 0.793. The zero-order valence-corrected chi connectivity index (χ0v) is 12.1. The van der Waals surface area contributed by atoms with Crippen LogP contribution in [0.25, 0.3) is 0 Å². The Hall–Kier alpha value is -0.340. The molecule has 0 unspecified atom stereocenters. The van der Waals surface area contributed by atoms with E-state index < -0.39 is 0 Å². The Bertz CT molecular complexity index is 325. The maximum atomic E-state index is 3.24. The predicted molar refractivity (Wildman–Crippen MR) is 74.4 cm³/mol. The molecule has 92 valence electrons. The van der Waals surface area contributed by atoms with Crippen LogP contribution in [0.2, 0.25) is 0 Å². The number of rotatable bonds is 6. The second-order valence-corrected chi connectivity index (χ2v) is 6.82. The van der Waals surface area contributed by atoms with Crippen LogP contribution < -0.4 is 5.32 Å². The minimum absolute atomic E-state index is 0.452. The summed E-state index contributed by atoms with van der Waals surface area (Å²) in [5.41, 5.74) is 1.93. The number of thiophene rings is 1. The lowest BCUT2D eigenvalue weighted by molar-refractivity contribution is 0.306. The first kappa shape index (κ1) is 13.7. The van der Waals surface area contributed by atoms with Crippen LogP contribution in [0.4, 0.5) is 0 Å². The molecule has 1 heterocycles. The largest absolute Gasteiger partial charge is 0.320 e. The average Bonchev–Trinajstić information content (AvgIpc) is 2.52. The Morgan fingerprint density at radius 1 is 1.25 bits per heavy atom. The molecule has 1 aromatic rings. The van der Waals surface area contributed by atoms with Crippen molar-refractivity contribution >= 4 is 11.3 Å². The highest BCUT2D eigenvalue weighted by Gasteiger charge is 2.17. The topological polar surface area (TPSA) is 12.0 Å². The molecule has 1 rings (SSSR count). The van der Waals surface area contributed by atoms with Crippen LogP contribution >= 0.6 is 11.3 Å². The molecule has 1 N–H and O–H groups in total. The first-order chi connectivity index (χ1) is 7.44. The third kappa shape index (κ3) is 4.26. The van der Waals surface area contributed by atoms with Crippen molar-refractivity contribution in [3.8, 4) is 0 Å². The molecule has 0 aromatic carbocycles. The molecule has 0 aliphatic carbocycles. The lowest BCUT2D eigenvalue weighted by atomic mass is 9.84. The van der Waals surface area contributed by atoms with E-state index in [-0.39, 0.29) is 0 Å². The van der Waals surface area contributed by atoms with Gasteiger partial charge in [-0.1, -0.05) is 13.8 Å². The van der Waals surface area contributed by atoms with Crippen molar-refractivity contribution in [3.63, 3.8) is 0 Å². The van der Waals surface area contributed by atoms with Gasteiger partial charge >= 0.3 is 0 Å². The van der Waals surface area contributed by atoms with E-state index in [4.69, 9.17) is 0 Å². The molecule has 0 amide bonds. The standard InChI is InChI=1S/C14H25NS/c1-11-10-12(2)16-13(11)6-7-14(3,4)8-9-15-5/h10,15H,6-9H2,1-5H3. The molecule has 0 spiro atoms. The first-order valence-electron chi connectivity index (χ1n) is 6.15. The summed E-state index contributed by atoms with van der Waals surface area (Å²) < 4.78 is 0. The molecule has 0 atom stereocenters. The first-order valence-corrected chi connectivity index (χ1v) is 6.97. The van der Waals surface area contributed by atoms with E-state index in [9.17, 15) is 0 Å². The molecule has 1 nitrogen and oxygen atoms in total. The molecule has 0 aliphatic heterocycles. The van der Waals surface area contributed by atoms with E-state index in [0.29, 0.717) is 5.41 Å². The van der Waals surface area contributed by atoms with Crippen molar-refractivity contribution in [3.05, 3.63) is 21.4 Å². The van der Waals surface area contributed by atoms with Gasteiger partial charge in [-0.2, -0.15) is 0 Å². The molecule has 1 aromatic heterocycles. The summed E-state index contributed by atoms with van der Waals surface area (Å²) in [5.74, 6) is 0. The maximum Gasteiger partial charge on any atom is 0.00774 e. The summed E-state index contributed by atoms with van der Waals surface area (Å²) >= 11 is 1.96. The number of hydrogen-bond acceptors (Lipinski definition) is 2. The van der Waals surface area contributed by atoms with Gasteiger partial charge in [-0.05, 0) is 63.7 Å². The van der Waals surface area contributed by atoms with Crippen molar-refractivity contribution in [1.29, 1.82) is 0 Å². The zero-order chi connectivity index (χ0) is 12.2. The predicted octanol–water partition coefficient (Wildman–Crippen LogP) is 3.93. The van der Waals surface area contributed by atoms with Crippen LogP contribution in [0.15, 0.2) is 6.07 Å². The summed E-state index contributed by atoms with van der Waals surface area (Å²) in [5, 5.41) is 3.24. The van der Waals surface area contributed by atoms with Gasteiger partial charge in [-0.3, -0.25) is 0 Å². The van der Waals surface area contributed by atoms with E-state index in [1.54, 1.807) is 4.88 Å². The molecular weight excluding hydrogens is 214 g/mol. The lowest BCUT2D eigenvalue weighted by Gasteiger charge is -2.24. The Balaban J connectivity index is 2.47. The van der Waals surface area contributed by atoms with Gasteiger partial charge in [0.05, 0.1) is 0 Å². The Morgan fingerprint density at radius 3 is 2.44 bits per heavy atom. The van der Waals surface area contributed by atoms with E-state index in [1.165, 1.54) is 29.7 Å². The highest BCUT2D eigenvalue weighted by molar-refractivity contribution is 7.12. The fraction of sp³-hybridized carbons (Fsp3) is 0.714. The summed E-state index contributed by atoms with van der Waals surface area (Å²) in [6.07, 6.45) is 3.78. The van der Waals surface area contributed by atoms with Crippen LogP contribution in [0.5, 0.6) is 0 Å². The third-order valence-corrected chi connectivity index (χ3v) is 4.44. The fourth-order valence-electron chi connectivity index (χ4n) is 1.98. The zero-order valence-electron chi connectivity index (χ0n) is 11.3. The van der Waals surface area contributed by atoms with Crippen molar-refractivity contribution < 1.29 is 0 Å². The summed E-state index contributed by atoms with van der Waals surface area (Å²) in [7, 11) is 2.03. The van der Waals surface area contributed by atoms with Crippen molar-refractivity contribution in [2.75, 3.05) is 13.6 Å². The van der Waals surface area contributed by atoms with Crippen molar-refractivity contribution in [2.24, 2.45) is 5.41 Å². The SMILES string of the molecule is CNCCC(C)(C)CCc1sc(C)cc1C. The molecule has 16 heavy (non-hydrogen) atoms. The Kier molecular flexibility index (Phi) is 5.00. The fourth-order valence-corrected chi connectivity index (χ4v) is 3.03. The third-order valence-electron chi connectivity index (χ3n) is 3.22. The summed E-state index contributed by atoms with van der Waals surface area (Å²) in [6.45, 7) is 10.3. The minimum Gasteiger partial charge on any atom is -0.320 e. The molecular formula is C14H25NS. The van der Waals surface area contributed by atoms with Crippen LogP contribution in [-0.2, 0) is 6.42 Å². The average molecular weight is 239 g/mol. The van der Waals surface area contributed by atoms with Crippen LogP contribution in [-0.4, -0.2) is 13.6 Å². The highest BCUT2D eigenvalue weighted by Crippen LogP contribution is 2.30. The second-order valence-electron chi connectivity index (χ2n) is 5.48. The summed E-state index contributed by atoms with van der Waals surface area (Å²) in [4.78, 5) is 3.02. The van der Waals surface area contributed by atoms with E-state index in [0.717, 1.165) is 6.54 Å². The van der Waals surface area contributed by atoms with Gasteiger partial charge in [-0.15, -0.1) is 11.3 Å². The van der Waals surface area contributed by atoms with E-state index in [2.05, 4.69) is 39.1 Å². The van der Waals surface area contributed by atoms with Crippen LogP contribution in [0.3, 0.4) is 0 Å². The Labute approximate surface area is 104 Å². The molecule has 0 bridgehead atoms. The molecule has 2 heteroatoms. The molecule has 0 saturated heterocycles. The van der Waals surface area contributed by atoms with E-state index in [1.807, 2.05) is 18.4 Å². The van der Waals surface area contributed by atoms with Gasteiger partial charge < -0.3 is 5.32 Å². The smallest absolute Gasteiger partial charge is 0.00774 e. The highest BCUT2D eigenvalue weighted by atomic mass is 32.1. The molecule has 0 fully saturated rings. The molecule has 0 aliphatic rings. The van der Waals surface area contributed by atoms with Crippen molar-refractivity contribution in [1.82, 2.24) is 5.32 Å².